The fourth-order valence-electron chi connectivity index (χ4n) is 3.74. The average molecular weight is 516 g/mol. The highest BCUT2D eigenvalue weighted by Gasteiger charge is 2.51. The Kier molecular flexibility index (Phi) is 11.9. The number of methoxy groups -OCH3 is 1. The molecule has 0 spiro atoms. The third kappa shape index (κ3) is 8.86. The number of nitrogens with one attached hydrogen (secondary N) is 1. The lowest BCUT2D eigenvalue weighted by Crippen LogP contribution is -2.63. The van der Waals surface area contributed by atoms with E-state index in [0.717, 1.165) is 34.8 Å². The number of hydrogen-bond donors (Lipinski definition) is 1. The third-order valence-corrected chi connectivity index (χ3v) is 4.88. The van der Waals surface area contributed by atoms with Crippen molar-refractivity contribution in [1.29, 1.82) is 0 Å². The van der Waals surface area contributed by atoms with Crippen LogP contribution in [-0.2, 0) is 57.2 Å². The molecule has 0 aromatic rings. The van der Waals surface area contributed by atoms with E-state index in [4.69, 9.17) is 28.4 Å². The molecule has 13 heteroatoms. The highest BCUT2D eigenvalue weighted by atomic mass is 16.6. The van der Waals surface area contributed by atoms with Crippen LogP contribution in [0.1, 0.15) is 54.4 Å². The van der Waals surface area contributed by atoms with Gasteiger partial charge in [-0.25, -0.2) is 4.79 Å². The molecule has 0 fully saturated rings. The molecular weight excluding hydrogens is 482 g/mol. The highest BCUT2D eigenvalue weighted by molar-refractivity contribution is 5.88. The van der Waals surface area contributed by atoms with E-state index in [9.17, 15) is 28.8 Å². The van der Waals surface area contributed by atoms with Crippen LogP contribution in [0.4, 0.5) is 0 Å². The fraction of sp³-hybridized carbons (Fsp3) is 0.652. The van der Waals surface area contributed by atoms with Crippen molar-refractivity contribution in [3.63, 3.8) is 0 Å². The van der Waals surface area contributed by atoms with Crippen molar-refractivity contribution in [2.45, 2.75) is 84.8 Å². The van der Waals surface area contributed by atoms with Crippen molar-refractivity contribution in [2.24, 2.45) is 0 Å². The molecule has 13 nitrogen and oxygen atoms in total. The van der Waals surface area contributed by atoms with Gasteiger partial charge in [-0.1, -0.05) is 13.3 Å². The summed E-state index contributed by atoms with van der Waals surface area (Å²) in [5.74, 6) is -4.87. The van der Waals surface area contributed by atoms with Crippen LogP contribution >= 0.6 is 0 Å². The number of esters is 5. The van der Waals surface area contributed by atoms with Gasteiger partial charge in [0, 0.05) is 40.2 Å². The van der Waals surface area contributed by atoms with Crippen molar-refractivity contribution in [3.05, 3.63) is 11.3 Å². The van der Waals surface area contributed by atoms with E-state index in [1.807, 2.05) is 6.92 Å². The van der Waals surface area contributed by atoms with Gasteiger partial charge in [0.15, 0.2) is 24.4 Å². The zero-order chi connectivity index (χ0) is 27.6. The summed E-state index contributed by atoms with van der Waals surface area (Å²) >= 11 is 0. The van der Waals surface area contributed by atoms with Crippen molar-refractivity contribution >= 4 is 35.8 Å². The first-order valence-electron chi connectivity index (χ1n) is 11.2. The van der Waals surface area contributed by atoms with E-state index < -0.39 is 72.8 Å². The van der Waals surface area contributed by atoms with Gasteiger partial charge in [0.05, 0.1) is 7.11 Å². The smallest absolute Gasteiger partial charge is 0.373 e. The largest absolute Gasteiger partial charge is 0.477 e. The number of ether oxygens (including phenoxy) is 6. The van der Waals surface area contributed by atoms with E-state index in [0.29, 0.717) is 6.42 Å². The molecule has 0 aromatic carbocycles. The SMILES string of the molecule is CCCC1=C(C(=O)OC)O[C@@H](C(OC(C)=O)C(COC(C)=O)OC(C)=O)[C@H](NC(C)=O)[C@H]1OC(C)=O. The second-order valence-corrected chi connectivity index (χ2v) is 7.96. The van der Waals surface area contributed by atoms with Gasteiger partial charge in [0.2, 0.25) is 11.7 Å². The Morgan fingerprint density at radius 2 is 1.53 bits per heavy atom. The maximum absolute atomic E-state index is 12.7. The summed E-state index contributed by atoms with van der Waals surface area (Å²) in [5.41, 5.74) is 0.236. The minimum absolute atomic E-state index is 0.226. The third-order valence-electron chi connectivity index (χ3n) is 4.88. The number of hydrogen-bond acceptors (Lipinski definition) is 12. The van der Waals surface area contributed by atoms with Crippen molar-refractivity contribution in [2.75, 3.05) is 13.7 Å². The molecule has 36 heavy (non-hydrogen) atoms. The first-order valence-corrected chi connectivity index (χ1v) is 11.2. The summed E-state index contributed by atoms with van der Waals surface area (Å²) in [6.45, 7) is 6.88. The van der Waals surface area contributed by atoms with E-state index >= 15 is 0 Å². The lowest BCUT2D eigenvalue weighted by atomic mass is 9.86. The van der Waals surface area contributed by atoms with Gasteiger partial charge >= 0.3 is 29.8 Å². The second-order valence-electron chi connectivity index (χ2n) is 7.96. The lowest BCUT2D eigenvalue weighted by Gasteiger charge is -2.43. The van der Waals surface area contributed by atoms with Crippen LogP contribution in [0.25, 0.3) is 0 Å². The Morgan fingerprint density at radius 1 is 0.917 bits per heavy atom. The predicted octanol–water partition coefficient (Wildman–Crippen LogP) is 0.475. The Hall–Kier alpha value is -3.64. The van der Waals surface area contributed by atoms with Gasteiger partial charge in [-0.05, 0) is 6.42 Å². The molecule has 202 valence electrons. The molecule has 0 radical (unpaired) electrons. The minimum atomic E-state index is -1.52. The molecule has 2 unspecified atom stereocenters. The van der Waals surface area contributed by atoms with Gasteiger partial charge in [-0.2, -0.15) is 0 Å². The van der Waals surface area contributed by atoms with Gasteiger partial charge in [0.25, 0.3) is 0 Å². The van der Waals surface area contributed by atoms with E-state index in [1.54, 1.807) is 0 Å². The standard InChI is InChI=1S/C23H33NO12/c1-8-9-16-19(34-14(5)28)18(24-11(2)25)22(36-20(16)23(30)31-7)21(35-15(6)29)17(33-13(4)27)10-32-12(3)26/h17-19,21-22H,8-10H2,1-7H3,(H,24,25)/t17?,18-,19+,21?,22-/m1/s1. The fourth-order valence-corrected chi connectivity index (χ4v) is 3.74. The molecule has 1 aliphatic rings. The molecule has 1 heterocycles. The molecule has 5 atom stereocenters. The topological polar surface area (TPSA) is 170 Å². The molecule has 1 aliphatic heterocycles. The van der Waals surface area contributed by atoms with Gasteiger partial charge in [0.1, 0.15) is 12.6 Å². The van der Waals surface area contributed by atoms with E-state index in [2.05, 4.69) is 5.32 Å². The molecule has 0 aromatic heterocycles. The van der Waals surface area contributed by atoms with Crippen LogP contribution < -0.4 is 5.32 Å². The quantitative estimate of drug-likeness (QED) is 0.299. The second kappa shape index (κ2) is 14.0. The Balaban J connectivity index is 3.81. The normalized spacial score (nSPS) is 20.7. The summed E-state index contributed by atoms with van der Waals surface area (Å²) < 4.78 is 31.9. The number of carbonyl (C=O) groups excluding carboxylic acids is 6. The summed E-state index contributed by atoms with van der Waals surface area (Å²) in [5, 5.41) is 2.61. The predicted molar refractivity (Wildman–Crippen MR) is 120 cm³/mol. The zero-order valence-electron chi connectivity index (χ0n) is 21.4. The minimum Gasteiger partial charge on any atom is -0.477 e. The van der Waals surface area contributed by atoms with Gasteiger partial charge < -0.3 is 33.7 Å². The van der Waals surface area contributed by atoms with Gasteiger partial charge in [-0.3, -0.25) is 24.0 Å². The summed E-state index contributed by atoms with van der Waals surface area (Å²) in [6, 6.07) is -1.21. The Morgan fingerprint density at radius 3 is 1.97 bits per heavy atom. The van der Waals surface area contributed by atoms with Crippen LogP contribution in [0, 0.1) is 0 Å². The molecule has 0 bridgehead atoms. The van der Waals surface area contributed by atoms with E-state index in [-0.39, 0.29) is 17.8 Å². The molecule has 1 N–H and O–H groups in total. The number of amides is 1. The van der Waals surface area contributed by atoms with Crippen molar-refractivity contribution < 1.29 is 57.2 Å². The molecular formula is C23H33NO12. The Bertz CT molecular complexity index is 896. The molecule has 0 saturated carbocycles. The maximum atomic E-state index is 12.7. The lowest BCUT2D eigenvalue weighted by molar-refractivity contribution is -0.192. The molecule has 1 rings (SSSR count). The number of carbonyl (C=O) groups is 6. The summed E-state index contributed by atoms with van der Waals surface area (Å²) in [6.07, 6.45) is -4.89. The van der Waals surface area contributed by atoms with Crippen LogP contribution in [-0.4, -0.2) is 79.9 Å². The van der Waals surface area contributed by atoms with Crippen LogP contribution in [0.3, 0.4) is 0 Å². The highest BCUT2D eigenvalue weighted by Crippen LogP contribution is 2.34. The molecule has 0 saturated heterocycles. The van der Waals surface area contributed by atoms with Crippen molar-refractivity contribution in [3.8, 4) is 0 Å². The van der Waals surface area contributed by atoms with Gasteiger partial charge in [-0.15, -0.1) is 0 Å². The van der Waals surface area contributed by atoms with Crippen LogP contribution in [0.2, 0.25) is 0 Å². The summed E-state index contributed by atoms with van der Waals surface area (Å²) in [4.78, 5) is 72.2. The molecule has 0 aliphatic carbocycles. The van der Waals surface area contributed by atoms with Crippen LogP contribution in [0.15, 0.2) is 11.3 Å². The number of rotatable bonds is 11. The maximum Gasteiger partial charge on any atom is 0.373 e. The molecule has 1 amide bonds. The average Bonchev–Trinajstić information content (AvgIpc) is 2.76. The first-order chi connectivity index (χ1) is 16.8. The Labute approximate surface area is 208 Å². The monoisotopic (exact) mass is 515 g/mol. The first kappa shape index (κ1) is 30.4. The summed E-state index contributed by atoms with van der Waals surface area (Å²) in [7, 11) is 1.12. The zero-order valence-corrected chi connectivity index (χ0v) is 21.4. The van der Waals surface area contributed by atoms with Crippen LogP contribution in [0.5, 0.6) is 0 Å². The van der Waals surface area contributed by atoms with E-state index in [1.165, 1.54) is 6.92 Å². The van der Waals surface area contributed by atoms with Crippen molar-refractivity contribution in [1.82, 2.24) is 5.32 Å².